The lowest BCUT2D eigenvalue weighted by molar-refractivity contribution is -0.134. The summed E-state index contributed by atoms with van der Waals surface area (Å²) >= 11 is 4.82. The Morgan fingerprint density at radius 3 is 1.11 bits per heavy atom. The van der Waals surface area contributed by atoms with Crippen LogP contribution in [-0.2, 0) is 111 Å². The third-order valence-electron chi connectivity index (χ3n) is 28.4. The minimum atomic E-state index is -0.223. The lowest BCUT2D eigenvalue weighted by Crippen LogP contribution is -2.45. The summed E-state index contributed by atoms with van der Waals surface area (Å²) in [5.41, 5.74) is 18.8. The predicted molar refractivity (Wildman–Crippen MR) is 527 cm³/mol. The van der Waals surface area contributed by atoms with E-state index in [0.29, 0.717) is 70.8 Å². The van der Waals surface area contributed by atoms with Crippen molar-refractivity contribution in [3.63, 3.8) is 0 Å². The quantitative estimate of drug-likeness (QED) is 0.0598. The average Bonchev–Trinajstić information content (AvgIpc) is 1.67. The van der Waals surface area contributed by atoms with Crippen LogP contribution in [0.25, 0.3) is 45.4 Å². The molecule has 9 aromatic carbocycles. The first-order valence-electron chi connectivity index (χ1n) is 46.6. The van der Waals surface area contributed by atoms with Gasteiger partial charge in [-0.15, -0.1) is 23.1 Å². The van der Waals surface area contributed by atoms with Gasteiger partial charge in [0.25, 0.3) is 5.91 Å². The van der Waals surface area contributed by atoms with E-state index in [9.17, 15) is 24.0 Å². The van der Waals surface area contributed by atoms with Gasteiger partial charge in [0.1, 0.15) is 5.01 Å². The summed E-state index contributed by atoms with van der Waals surface area (Å²) in [5, 5.41) is 7.00. The molecule has 5 amide bonds. The minimum Gasteiger partial charge on any atom is -0.365 e. The van der Waals surface area contributed by atoms with Gasteiger partial charge in [0.15, 0.2) is 10.9 Å². The van der Waals surface area contributed by atoms with Gasteiger partial charge in [-0.2, -0.15) is 5.10 Å². The van der Waals surface area contributed by atoms with Crippen molar-refractivity contribution in [1.29, 1.82) is 0 Å². The SMILES string of the molecule is CCC(C)c1ccc(/C=C/C(=O)N2CCC3(CC2)OCc2ccccc23)cc1.CSc1ccc(/C=C/C(=O)N2CCC3(CC2)OCc2ccccc23)cc1.CSc1ncc(/C=C/C(=O)N2CCC3(CC2)OCc2ccccc23)cn1.Cn1nc(C(=O)N2CCC3(CC2)OCc2ccccc23)c2ccccc21.O=C(/C=C/c1nc2ccccc2s1)N1CCC2(CC1)OCc1ccccc12. The lowest BCUT2D eigenvalue weighted by Gasteiger charge is -2.39. The topological polar surface area (TPSA) is 204 Å². The van der Waals surface area contributed by atoms with E-state index in [1.54, 1.807) is 70.6 Å². The van der Waals surface area contributed by atoms with Crippen molar-refractivity contribution in [3.05, 3.63) is 344 Å². The molecule has 13 heterocycles. The Balaban J connectivity index is 0.000000111. The number of hydrogen-bond acceptors (Lipinski definition) is 17. The molecular formula is C110H114N10O10S3. The molecule has 5 fully saturated rings. The van der Waals surface area contributed by atoms with E-state index in [1.807, 2.05) is 111 Å². The molecule has 1 atom stereocenters. The Morgan fingerprint density at radius 1 is 0.398 bits per heavy atom. The number of carbonyl (C=O) groups is 5. The smallest absolute Gasteiger partial charge is 0.275 e. The first-order chi connectivity index (χ1) is 64.9. The standard InChI is InChI=1S/C25H29NO2.C22H20N2O2S.C22H23NO2S.C21H21N3O2.C20H21N3O2S/c1-3-19(2)21-11-8-20(9-12-21)10-13-24(27)26-16-14-25(15-17-26)23-7-5-4-6-22(23)18-28-25;25-21(10-9-20-23-18-7-3-4-8-19(18)27-20)24-13-11-22(12-14-24)17-6-2-1-5-16(17)15-26-22;1-26-19-9-6-17(7-10-19)8-11-21(24)23-14-12-22(13-15-23)20-5-3-2-4-18(20)16-25-22;1-23-18-9-5-3-7-16(18)19(22-23)20(25)24-12-10-21(11-13-24)17-8-4-2-6-15(17)14-26-21;1-26-19-21-12-15(13-22-19)6-7-18(24)23-10-8-20(9-11-23)17-5-3-2-4-16(17)14-25-20/h4-13,19H,3,14-18H2,1-2H3;1-10H,11-15H2;2-11H,12-16H2,1H3;2-9H,10-14H2,1H3;2-7,12-13H,8-11,14H2,1H3/b13-10+;10-9+;11-8+;;7-6+. The number of aryl methyl sites for hydroxylation is 1. The van der Waals surface area contributed by atoms with Crippen LogP contribution < -0.4 is 0 Å². The fraction of sp³-hybridized carbons (Fsp3) is 0.336. The number of thioether (sulfide) groups is 2. The number of likely N-dealkylation sites (tertiary alicyclic amines) is 5. The van der Waals surface area contributed by atoms with E-state index in [0.717, 1.165) is 158 Å². The summed E-state index contributed by atoms with van der Waals surface area (Å²) in [6, 6.07) is 75.0. The van der Waals surface area contributed by atoms with Crippen molar-refractivity contribution in [3.8, 4) is 0 Å². The average molecular weight is 1830 g/mol. The number of amides is 5. The van der Waals surface area contributed by atoms with Crippen molar-refractivity contribution < 1.29 is 47.7 Å². The molecule has 682 valence electrons. The molecule has 0 aliphatic carbocycles. The minimum absolute atomic E-state index is 0.0166. The van der Waals surface area contributed by atoms with Crippen molar-refractivity contribution in [2.24, 2.45) is 7.05 Å². The number of ether oxygens (including phenoxy) is 5. The number of rotatable bonds is 13. The van der Waals surface area contributed by atoms with Crippen LogP contribution in [0.4, 0.5) is 0 Å². The Hall–Kier alpha value is -11.8. The van der Waals surface area contributed by atoms with Crippen molar-refractivity contribution in [2.45, 2.75) is 161 Å². The fourth-order valence-electron chi connectivity index (χ4n) is 20.4. The monoisotopic (exact) mass is 1830 g/mol. The first kappa shape index (κ1) is 91.7. The number of piperidine rings is 5. The van der Waals surface area contributed by atoms with Crippen LogP contribution in [0.5, 0.6) is 0 Å². The Kier molecular flexibility index (Phi) is 28.3. The molecule has 5 spiro atoms. The zero-order valence-electron chi connectivity index (χ0n) is 76.3. The molecule has 22 rings (SSSR count). The van der Waals surface area contributed by atoms with Gasteiger partial charge in [0.05, 0.1) is 76.8 Å². The molecule has 10 aliphatic rings. The van der Waals surface area contributed by atoms with Crippen molar-refractivity contribution in [2.75, 3.05) is 78.0 Å². The van der Waals surface area contributed by atoms with E-state index in [4.69, 9.17) is 23.7 Å². The van der Waals surface area contributed by atoms with E-state index >= 15 is 0 Å². The molecule has 133 heavy (non-hydrogen) atoms. The third-order valence-corrected chi connectivity index (χ3v) is 30.7. The summed E-state index contributed by atoms with van der Waals surface area (Å²) in [6.45, 7) is 15.1. The van der Waals surface area contributed by atoms with Crippen LogP contribution in [-0.4, -0.2) is 157 Å². The van der Waals surface area contributed by atoms with Crippen LogP contribution in [0.15, 0.2) is 265 Å². The molecule has 23 heteroatoms. The largest absolute Gasteiger partial charge is 0.365 e. The van der Waals surface area contributed by atoms with Crippen LogP contribution >= 0.6 is 34.9 Å². The van der Waals surface area contributed by atoms with Crippen LogP contribution in [0.2, 0.25) is 0 Å². The van der Waals surface area contributed by atoms with Gasteiger partial charge in [0, 0.05) is 125 Å². The molecule has 0 N–H and O–H groups in total. The second kappa shape index (κ2) is 41.0. The van der Waals surface area contributed by atoms with Crippen LogP contribution in [0.1, 0.15) is 184 Å². The van der Waals surface area contributed by atoms with E-state index in [1.165, 1.54) is 77.9 Å². The number of fused-ring (bicyclic) bond motifs is 12. The van der Waals surface area contributed by atoms with Crippen molar-refractivity contribution in [1.82, 2.24) is 49.2 Å². The molecule has 10 aliphatic heterocycles. The van der Waals surface area contributed by atoms with Gasteiger partial charge in [-0.05, 0) is 216 Å². The highest BCUT2D eigenvalue weighted by Gasteiger charge is 2.48. The number of aromatic nitrogens is 5. The number of nitrogens with zero attached hydrogens (tertiary/aromatic N) is 10. The number of benzene rings is 9. The van der Waals surface area contributed by atoms with Gasteiger partial charge in [-0.25, -0.2) is 15.0 Å². The van der Waals surface area contributed by atoms with Gasteiger partial charge in [-0.1, -0.05) is 214 Å². The third kappa shape index (κ3) is 20.1. The normalized spacial score (nSPS) is 18.6. The van der Waals surface area contributed by atoms with Crippen LogP contribution in [0.3, 0.4) is 0 Å². The summed E-state index contributed by atoms with van der Waals surface area (Å²) in [5.74, 6) is 0.842. The molecule has 20 nitrogen and oxygen atoms in total. The molecule has 1 unspecified atom stereocenters. The van der Waals surface area contributed by atoms with Crippen LogP contribution in [0, 0.1) is 0 Å². The Bertz CT molecular complexity index is 6130. The van der Waals surface area contributed by atoms with E-state index < -0.39 is 0 Å². The Labute approximate surface area is 791 Å². The maximum absolute atomic E-state index is 13.1. The predicted octanol–water partition coefficient (Wildman–Crippen LogP) is 20.6. The molecule has 12 aromatic rings. The summed E-state index contributed by atoms with van der Waals surface area (Å²) in [4.78, 5) is 87.2. The molecule has 3 aromatic heterocycles. The highest BCUT2D eigenvalue weighted by atomic mass is 32.2. The first-order valence-corrected chi connectivity index (χ1v) is 49.9. The molecule has 5 saturated heterocycles. The molecular weight excluding hydrogens is 1720 g/mol. The summed E-state index contributed by atoms with van der Waals surface area (Å²) < 4.78 is 33.8. The van der Waals surface area contributed by atoms with Gasteiger partial charge >= 0.3 is 0 Å². The zero-order chi connectivity index (χ0) is 91.5. The number of thiazole rings is 1. The highest BCUT2D eigenvalue weighted by molar-refractivity contribution is 7.98. The molecule has 0 saturated carbocycles. The van der Waals surface area contributed by atoms with E-state index in [-0.39, 0.29) is 57.5 Å². The summed E-state index contributed by atoms with van der Waals surface area (Å²) in [7, 11) is 1.88. The summed E-state index contributed by atoms with van der Waals surface area (Å²) in [6.07, 6.45) is 31.2. The van der Waals surface area contributed by atoms with Gasteiger partial charge in [-0.3, -0.25) is 28.7 Å². The maximum atomic E-state index is 13.1. The second-order valence-corrected chi connectivity index (χ2v) is 38.6. The number of hydrogen-bond donors (Lipinski definition) is 0. The Morgan fingerprint density at radius 2 is 0.737 bits per heavy atom. The number of para-hydroxylation sites is 2. The molecule has 0 bridgehead atoms. The lowest BCUT2D eigenvalue weighted by atomic mass is 9.84. The van der Waals surface area contributed by atoms with Gasteiger partial charge < -0.3 is 48.2 Å². The molecule has 0 radical (unpaired) electrons. The fourth-order valence-corrected chi connectivity index (χ4v) is 22.0. The zero-order valence-corrected chi connectivity index (χ0v) is 78.7. The second-order valence-electron chi connectivity index (χ2n) is 35.9. The highest BCUT2D eigenvalue weighted by Crippen LogP contribution is 2.50. The van der Waals surface area contributed by atoms with E-state index in [2.05, 4.69) is 204 Å². The maximum Gasteiger partial charge on any atom is 0.275 e. The number of carbonyl (C=O) groups excluding carboxylic acids is 5. The van der Waals surface area contributed by atoms with Crippen molar-refractivity contribution >= 4 is 110 Å². The van der Waals surface area contributed by atoms with Gasteiger partial charge in [0.2, 0.25) is 23.6 Å².